The molecule has 114 valence electrons. The molecule has 0 saturated heterocycles. The van der Waals surface area contributed by atoms with E-state index in [2.05, 4.69) is 5.32 Å². The second kappa shape index (κ2) is 5.79. The number of nitrogens with one attached hydrogen (secondary N) is 1. The van der Waals surface area contributed by atoms with Crippen LogP contribution < -0.4 is 5.32 Å². The van der Waals surface area contributed by atoms with Gasteiger partial charge in [-0.3, -0.25) is 4.79 Å². The van der Waals surface area contributed by atoms with Crippen LogP contribution in [0.25, 0.3) is 0 Å². The highest BCUT2D eigenvalue weighted by molar-refractivity contribution is 5.92. The van der Waals surface area contributed by atoms with Crippen molar-refractivity contribution in [1.29, 1.82) is 0 Å². The van der Waals surface area contributed by atoms with E-state index >= 15 is 0 Å². The number of amides is 1. The molecule has 6 heteroatoms. The van der Waals surface area contributed by atoms with Gasteiger partial charge >= 0.3 is 5.97 Å². The van der Waals surface area contributed by atoms with E-state index in [9.17, 15) is 18.4 Å². The molecule has 0 aromatic heterocycles. The van der Waals surface area contributed by atoms with Gasteiger partial charge in [0, 0.05) is 5.56 Å². The van der Waals surface area contributed by atoms with Gasteiger partial charge in [-0.25, -0.2) is 13.6 Å². The van der Waals surface area contributed by atoms with Gasteiger partial charge in [-0.2, -0.15) is 0 Å². The summed E-state index contributed by atoms with van der Waals surface area (Å²) in [5, 5.41) is 11.4. The van der Waals surface area contributed by atoms with Gasteiger partial charge in [0.2, 0.25) is 5.91 Å². The smallest absolute Gasteiger partial charge is 0.326 e. The van der Waals surface area contributed by atoms with Gasteiger partial charge in [-0.1, -0.05) is 19.4 Å². The third-order valence-corrected chi connectivity index (χ3v) is 4.09. The molecular weight excluding hydrogens is 280 g/mol. The van der Waals surface area contributed by atoms with Crippen molar-refractivity contribution in [3.8, 4) is 0 Å². The summed E-state index contributed by atoms with van der Waals surface area (Å²) < 4.78 is 27.9. The van der Waals surface area contributed by atoms with Gasteiger partial charge < -0.3 is 10.4 Å². The van der Waals surface area contributed by atoms with Crippen LogP contribution in [0.15, 0.2) is 18.2 Å². The number of carbonyl (C=O) groups excluding carboxylic acids is 1. The van der Waals surface area contributed by atoms with Crippen LogP contribution in [-0.4, -0.2) is 23.0 Å². The number of benzene rings is 1. The Kier molecular flexibility index (Phi) is 4.25. The van der Waals surface area contributed by atoms with Gasteiger partial charge in [0.05, 0.1) is 5.41 Å². The number of halogens is 2. The Bertz CT molecular complexity index is 550. The first-order chi connectivity index (χ1) is 9.92. The van der Waals surface area contributed by atoms with E-state index in [0.717, 1.165) is 12.1 Å². The molecule has 0 radical (unpaired) electrons. The molecule has 1 aliphatic carbocycles. The first-order valence-corrected chi connectivity index (χ1v) is 6.90. The summed E-state index contributed by atoms with van der Waals surface area (Å²) in [5.74, 6) is -3.32. The molecule has 0 aliphatic heterocycles. The second-order valence-corrected chi connectivity index (χ2v) is 5.30. The maximum absolute atomic E-state index is 14.0. The monoisotopic (exact) mass is 297 g/mol. The Morgan fingerprint density at radius 3 is 2.29 bits per heavy atom. The average molecular weight is 297 g/mol. The lowest BCUT2D eigenvalue weighted by Gasteiger charge is -2.41. The van der Waals surface area contributed by atoms with Crippen LogP contribution in [0.1, 0.15) is 38.2 Å². The zero-order valence-electron chi connectivity index (χ0n) is 11.7. The molecule has 1 fully saturated rings. The molecule has 0 bridgehead atoms. The molecule has 21 heavy (non-hydrogen) atoms. The molecule has 2 N–H and O–H groups in total. The molecular formula is C15H17F2NO3. The van der Waals surface area contributed by atoms with Gasteiger partial charge in [-0.15, -0.1) is 0 Å². The zero-order chi connectivity index (χ0) is 15.6. The lowest BCUT2D eigenvalue weighted by Crippen LogP contribution is -2.54. The lowest BCUT2D eigenvalue weighted by molar-refractivity contribution is -0.143. The Morgan fingerprint density at radius 1 is 1.33 bits per heavy atom. The maximum atomic E-state index is 14.0. The van der Waals surface area contributed by atoms with Crippen LogP contribution in [0.5, 0.6) is 0 Å². The molecule has 1 aliphatic rings. The highest BCUT2D eigenvalue weighted by Crippen LogP contribution is 2.46. The molecule has 1 unspecified atom stereocenters. The fourth-order valence-corrected chi connectivity index (χ4v) is 2.71. The van der Waals surface area contributed by atoms with Crippen LogP contribution in [-0.2, 0) is 15.0 Å². The minimum Gasteiger partial charge on any atom is -0.480 e. The van der Waals surface area contributed by atoms with E-state index < -0.39 is 35.0 Å². The van der Waals surface area contributed by atoms with E-state index in [1.165, 1.54) is 6.07 Å². The van der Waals surface area contributed by atoms with Crippen LogP contribution in [0.4, 0.5) is 8.78 Å². The summed E-state index contributed by atoms with van der Waals surface area (Å²) in [6.07, 6.45) is 1.50. The predicted octanol–water partition coefficient (Wildman–Crippen LogP) is 2.37. The van der Waals surface area contributed by atoms with Crippen molar-refractivity contribution in [2.45, 2.75) is 44.1 Å². The molecule has 1 aromatic carbocycles. The summed E-state index contributed by atoms with van der Waals surface area (Å²) in [5.41, 5.74) is -1.55. The summed E-state index contributed by atoms with van der Waals surface area (Å²) >= 11 is 0. The highest BCUT2D eigenvalue weighted by atomic mass is 19.1. The summed E-state index contributed by atoms with van der Waals surface area (Å²) in [7, 11) is 0. The molecule has 1 aromatic rings. The van der Waals surface area contributed by atoms with Crippen molar-refractivity contribution in [3.63, 3.8) is 0 Å². The van der Waals surface area contributed by atoms with Crippen molar-refractivity contribution >= 4 is 11.9 Å². The van der Waals surface area contributed by atoms with Crippen molar-refractivity contribution in [3.05, 3.63) is 35.4 Å². The molecule has 0 spiro atoms. The number of rotatable bonds is 5. The fraction of sp³-hybridized carbons (Fsp3) is 0.467. The average Bonchev–Trinajstić information content (AvgIpc) is 2.37. The van der Waals surface area contributed by atoms with E-state index in [1.54, 1.807) is 6.92 Å². The number of carboxylic acid groups (broad SMARTS) is 1. The number of hydrogen-bond acceptors (Lipinski definition) is 2. The standard InChI is InChI=1S/C15H17F2NO3/c1-2-11(13(19)20)18-14(21)15(7-4-8-15)12-9(16)5-3-6-10(12)17/h3,5-6,11H,2,4,7-8H2,1H3,(H,18,21)(H,19,20). The number of hydrogen-bond donors (Lipinski definition) is 2. The summed E-state index contributed by atoms with van der Waals surface area (Å²) in [4.78, 5) is 23.4. The van der Waals surface area contributed by atoms with Crippen LogP contribution in [0.3, 0.4) is 0 Å². The van der Waals surface area contributed by atoms with Gasteiger partial charge in [-0.05, 0) is 31.4 Å². The third kappa shape index (κ3) is 2.62. The topological polar surface area (TPSA) is 66.4 Å². The second-order valence-electron chi connectivity index (χ2n) is 5.30. The summed E-state index contributed by atoms with van der Waals surface area (Å²) in [6, 6.07) is 2.41. The quantitative estimate of drug-likeness (QED) is 0.877. The van der Waals surface area contributed by atoms with Crippen LogP contribution in [0, 0.1) is 11.6 Å². The van der Waals surface area contributed by atoms with Gasteiger partial charge in [0.15, 0.2) is 0 Å². The maximum Gasteiger partial charge on any atom is 0.326 e. The molecule has 2 rings (SSSR count). The third-order valence-electron chi connectivity index (χ3n) is 4.09. The van der Waals surface area contributed by atoms with Crippen LogP contribution >= 0.6 is 0 Å². The number of carboxylic acids is 1. The lowest BCUT2D eigenvalue weighted by atomic mass is 9.63. The Hall–Kier alpha value is -1.98. The molecule has 1 amide bonds. The Morgan fingerprint density at radius 2 is 1.90 bits per heavy atom. The van der Waals surface area contributed by atoms with E-state index in [0.29, 0.717) is 19.3 Å². The number of carbonyl (C=O) groups is 2. The SMILES string of the molecule is CCC(NC(=O)C1(c2c(F)cccc2F)CCC1)C(=O)O. The van der Waals surface area contributed by atoms with E-state index in [4.69, 9.17) is 5.11 Å². The van der Waals surface area contributed by atoms with E-state index in [-0.39, 0.29) is 12.0 Å². The van der Waals surface area contributed by atoms with Gasteiger partial charge in [0.1, 0.15) is 17.7 Å². The largest absolute Gasteiger partial charge is 0.480 e. The van der Waals surface area contributed by atoms with Crippen LogP contribution in [0.2, 0.25) is 0 Å². The minimum atomic E-state index is -1.29. The first-order valence-electron chi connectivity index (χ1n) is 6.90. The Balaban J connectivity index is 2.34. The Labute approximate surface area is 121 Å². The molecule has 4 nitrogen and oxygen atoms in total. The molecule has 0 heterocycles. The highest BCUT2D eigenvalue weighted by Gasteiger charge is 2.49. The van der Waals surface area contributed by atoms with Gasteiger partial charge in [0.25, 0.3) is 0 Å². The fourth-order valence-electron chi connectivity index (χ4n) is 2.71. The molecule has 1 atom stereocenters. The zero-order valence-corrected chi connectivity index (χ0v) is 11.7. The normalized spacial score (nSPS) is 17.7. The molecule has 1 saturated carbocycles. The van der Waals surface area contributed by atoms with Crippen molar-refractivity contribution < 1.29 is 23.5 Å². The van der Waals surface area contributed by atoms with E-state index in [1.807, 2.05) is 0 Å². The number of aliphatic carboxylic acids is 1. The minimum absolute atomic E-state index is 0.205. The van der Waals surface area contributed by atoms with Crippen molar-refractivity contribution in [2.24, 2.45) is 0 Å². The summed E-state index contributed by atoms with van der Waals surface area (Å²) in [6.45, 7) is 1.62. The first kappa shape index (κ1) is 15.4. The van der Waals surface area contributed by atoms with Crippen molar-refractivity contribution in [2.75, 3.05) is 0 Å². The van der Waals surface area contributed by atoms with Crippen molar-refractivity contribution in [1.82, 2.24) is 5.32 Å². The predicted molar refractivity (Wildman–Crippen MR) is 71.7 cm³/mol.